The van der Waals surface area contributed by atoms with E-state index in [1.165, 1.54) is 0 Å². The van der Waals surface area contributed by atoms with Gasteiger partial charge in [0.25, 0.3) is 0 Å². The Hall–Kier alpha value is -0.160. The van der Waals surface area contributed by atoms with Crippen LogP contribution in [0.5, 0.6) is 0 Å². The fraction of sp³-hybridized carbons (Fsp3) is 1.00. The molecule has 10 heavy (non-hydrogen) atoms. The molecule has 0 saturated carbocycles. The molecule has 2 fully saturated rings. The number of rotatable bonds is 0. The summed E-state index contributed by atoms with van der Waals surface area (Å²) in [5, 5.41) is 0. The van der Waals surface area contributed by atoms with Crippen molar-refractivity contribution < 1.29 is 9.47 Å². The molecule has 0 radical (unpaired) electrons. The lowest BCUT2D eigenvalue weighted by atomic mass is 10.0. The molecule has 2 aliphatic heterocycles. The first-order chi connectivity index (χ1) is 4.66. The number of hydrogen-bond donors (Lipinski definition) is 2. The Bertz CT molecular complexity index is 134. The number of hydrogen-bond acceptors (Lipinski definition) is 4. The lowest BCUT2D eigenvalue weighted by molar-refractivity contribution is -0.0795. The maximum atomic E-state index is 5.83. The van der Waals surface area contributed by atoms with E-state index >= 15 is 0 Å². The van der Waals surface area contributed by atoms with Gasteiger partial charge >= 0.3 is 0 Å². The molecule has 2 heterocycles. The molecule has 0 aromatic rings. The molecule has 0 spiro atoms. The summed E-state index contributed by atoms with van der Waals surface area (Å²) in [6.07, 6.45) is 1.42. The van der Waals surface area contributed by atoms with E-state index in [0.29, 0.717) is 26.1 Å². The maximum Gasteiger partial charge on any atom is 0.161 e. The lowest BCUT2D eigenvalue weighted by Gasteiger charge is -2.29. The average molecular weight is 144 g/mol. The third-order valence-electron chi connectivity index (χ3n) is 2.38. The Morgan fingerprint density at radius 1 is 0.900 bits per heavy atom. The van der Waals surface area contributed by atoms with Crippen LogP contribution >= 0.6 is 0 Å². The molecule has 2 atom stereocenters. The Kier molecular flexibility index (Phi) is 1.12. The van der Waals surface area contributed by atoms with Gasteiger partial charge in [-0.15, -0.1) is 0 Å². The van der Waals surface area contributed by atoms with E-state index in [2.05, 4.69) is 0 Å². The minimum atomic E-state index is -0.701. The Labute approximate surface area is 59.5 Å². The smallest absolute Gasteiger partial charge is 0.161 e. The van der Waals surface area contributed by atoms with Crippen LogP contribution in [-0.2, 0) is 9.47 Å². The molecule has 4 N–H and O–H groups in total. The highest BCUT2D eigenvalue weighted by atomic mass is 16.6. The van der Waals surface area contributed by atoms with E-state index in [-0.39, 0.29) is 0 Å². The summed E-state index contributed by atoms with van der Waals surface area (Å²) in [7, 11) is 0. The molecule has 4 heteroatoms. The molecular formula is C6H12N2O2. The molecule has 0 unspecified atom stereocenters. The molecule has 0 bridgehead atoms. The zero-order valence-corrected chi connectivity index (χ0v) is 5.80. The summed E-state index contributed by atoms with van der Waals surface area (Å²) in [5.41, 5.74) is 10.3. The molecule has 2 rings (SSSR count). The van der Waals surface area contributed by atoms with Gasteiger partial charge in [-0.3, -0.25) is 11.5 Å². The van der Waals surface area contributed by atoms with Crippen molar-refractivity contribution in [3.63, 3.8) is 0 Å². The predicted octanol–water partition coefficient (Wildman–Crippen LogP) is -0.863. The molecule has 4 nitrogen and oxygen atoms in total. The van der Waals surface area contributed by atoms with Crippen molar-refractivity contribution in [2.45, 2.75) is 24.3 Å². The van der Waals surface area contributed by atoms with Crippen LogP contribution in [0.2, 0.25) is 0 Å². The normalized spacial score (nSPS) is 53.4. The van der Waals surface area contributed by atoms with Gasteiger partial charge in [0.05, 0.1) is 13.2 Å². The third kappa shape index (κ3) is 0.594. The highest BCUT2D eigenvalue weighted by molar-refractivity contribution is 5.02. The van der Waals surface area contributed by atoms with Crippen LogP contribution in [0.1, 0.15) is 12.8 Å². The Balaban J connectivity index is 2.30. The summed E-state index contributed by atoms with van der Waals surface area (Å²) in [4.78, 5) is 0. The van der Waals surface area contributed by atoms with Gasteiger partial charge in [0.1, 0.15) is 0 Å². The number of nitrogens with two attached hydrogens (primary N) is 2. The van der Waals surface area contributed by atoms with E-state index in [4.69, 9.17) is 20.9 Å². The summed E-state index contributed by atoms with van der Waals surface area (Å²) in [6, 6.07) is 0. The first-order valence-electron chi connectivity index (χ1n) is 3.52. The van der Waals surface area contributed by atoms with Crippen molar-refractivity contribution in [1.82, 2.24) is 0 Å². The molecule has 0 aromatic carbocycles. The van der Waals surface area contributed by atoms with Crippen molar-refractivity contribution in [1.29, 1.82) is 0 Å². The quantitative estimate of drug-likeness (QED) is 0.464. The first kappa shape index (κ1) is 6.54. The topological polar surface area (TPSA) is 70.5 Å². The molecular weight excluding hydrogens is 132 g/mol. The standard InChI is InChI=1S/C6H12N2O2/c7-5-1-3-9-6(5,8)2-4-10-5/h1-4,7-8H2/t5-,6-/m1/s1. The Morgan fingerprint density at radius 2 is 1.30 bits per heavy atom. The zero-order valence-electron chi connectivity index (χ0n) is 5.80. The molecule has 0 aliphatic carbocycles. The maximum absolute atomic E-state index is 5.83. The summed E-state index contributed by atoms with van der Waals surface area (Å²) < 4.78 is 10.6. The van der Waals surface area contributed by atoms with Gasteiger partial charge in [-0.1, -0.05) is 0 Å². The van der Waals surface area contributed by atoms with Gasteiger partial charge in [0, 0.05) is 12.8 Å². The van der Waals surface area contributed by atoms with Crippen LogP contribution in [0, 0.1) is 0 Å². The fourth-order valence-electron chi connectivity index (χ4n) is 1.58. The van der Waals surface area contributed by atoms with E-state index in [1.54, 1.807) is 0 Å². The van der Waals surface area contributed by atoms with Gasteiger partial charge in [0.15, 0.2) is 11.4 Å². The van der Waals surface area contributed by atoms with Crippen LogP contribution in [0.25, 0.3) is 0 Å². The average Bonchev–Trinajstić information content (AvgIpc) is 2.20. The molecule has 2 aliphatic rings. The highest BCUT2D eigenvalue weighted by Gasteiger charge is 2.56. The van der Waals surface area contributed by atoms with Gasteiger partial charge < -0.3 is 9.47 Å². The summed E-state index contributed by atoms with van der Waals surface area (Å²) in [6.45, 7) is 1.24. The fourth-order valence-corrected chi connectivity index (χ4v) is 1.58. The van der Waals surface area contributed by atoms with Crippen molar-refractivity contribution >= 4 is 0 Å². The third-order valence-corrected chi connectivity index (χ3v) is 2.38. The predicted molar refractivity (Wildman–Crippen MR) is 35.0 cm³/mol. The van der Waals surface area contributed by atoms with Crippen LogP contribution in [0.4, 0.5) is 0 Å². The lowest BCUT2D eigenvalue weighted by Crippen LogP contribution is -2.60. The minimum Gasteiger partial charge on any atom is -0.356 e. The second kappa shape index (κ2) is 1.71. The molecule has 0 aromatic heterocycles. The van der Waals surface area contributed by atoms with Crippen molar-refractivity contribution in [2.24, 2.45) is 11.5 Å². The van der Waals surface area contributed by atoms with Crippen molar-refractivity contribution in [3.05, 3.63) is 0 Å². The number of fused-ring (bicyclic) bond motifs is 1. The van der Waals surface area contributed by atoms with E-state index < -0.39 is 11.4 Å². The van der Waals surface area contributed by atoms with Crippen molar-refractivity contribution in [3.8, 4) is 0 Å². The van der Waals surface area contributed by atoms with E-state index in [1.807, 2.05) is 0 Å². The van der Waals surface area contributed by atoms with Gasteiger partial charge in [-0.2, -0.15) is 0 Å². The number of ether oxygens (including phenoxy) is 2. The largest absolute Gasteiger partial charge is 0.356 e. The second-order valence-electron chi connectivity index (χ2n) is 2.98. The molecule has 2 saturated heterocycles. The SMILES string of the molecule is N[C@@]12CCO[C@]1(N)CCO2. The monoisotopic (exact) mass is 144 g/mol. The molecule has 0 amide bonds. The molecule has 58 valence electrons. The van der Waals surface area contributed by atoms with Gasteiger partial charge in [-0.05, 0) is 0 Å². The Morgan fingerprint density at radius 3 is 1.70 bits per heavy atom. The van der Waals surface area contributed by atoms with Crippen LogP contribution in [0.15, 0.2) is 0 Å². The van der Waals surface area contributed by atoms with Crippen LogP contribution in [0.3, 0.4) is 0 Å². The summed E-state index contributed by atoms with van der Waals surface area (Å²) >= 11 is 0. The zero-order chi connectivity index (χ0) is 7.24. The highest BCUT2D eigenvalue weighted by Crippen LogP contribution is 2.38. The van der Waals surface area contributed by atoms with Crippen LogP contribution in [-0.4, -0.2) is 24.7 Å². The van der Waals surface area contributed by atoms with Gasteiger partial charge in [-0.25, -0.2) is 0 Å². The summed E-state index contributed by atoms with van der Waals surface area (Å²) in [5.74, 6) is 0. The van der Waals surface area contributed by atoms with Gasteiger partial charge in [0.2, 0.25) is 0 Å². The first-order valence-corrected chi connectivity index (χ1v) is 3.52. The second-order valence-corrected chi connectivity index (χ2v) is 2.98. The van der Waals surface area contributed by atoms with Crippen LogP contribution < -0.4 is 11.5 Å². The van der Waals surface area contributed by atoms with Crippen molar-refractivity contribution in [2.75, 3.05) is 13.2 Å². The minimum absolute atomic E-state index is 0.618. The van der Waals surface area contributed by atoms with E-state index in [0.717, 1.165) is 0 Å². The van der Waals surface area contributed by atoms with E-state index in [9.17, 15) is 0 Å².